The molecule has 0 aromatic heterocycles. The Kier molecular flexibility index (Phi) is 4.58. The van der Waals surface area contributed by atoms with Gasteiger partial charge in [0.05, 0.1) is 6.04 Å². The molecule has 1 N–H and O–H groups in total. The fourth-order valence-corrected chi connectivity index (χ4v) is 3.38. The van der Waals surface area contributed by atoms with Crippen LogP contribution in [0.1, 0.15) is 35.6 Å². The lowest BCUT2D eigenvalue weighted by atomic mass is 9.99. The normalized spacial score (nSPS) is 17.3. The van der Waals surface area contributed by atoms with E-state index in [2.05, 4.69) is 24.4 Å². The minimum Gasteiger partial charge on any atom is -0.317 e. The molecule has 0 bridgehead atoms. The van der Waals surface area contributed by atoms with E-state index in [0.29, 0.717) is 5.02 Å². The maximum Gasteiger partial charge on any atom is 0.322 e. The molecule has 4 heteroatoms. The van der Waals surface area contributed by atoms with Gasteiger partial charge in [0.2, 0.25) is 0 Å². The summed E-state index contributed by atoms with van der Waals surface area (Å²) in [5, 5.41) is 3.64. The largest absolute Gasteiger partial charge is 0.322 e. The average molecular weight is 329 g/mol. The Morgan fingerprint density at radius 3 is 2.74 bits per heavy atom. The van der Waals surface area contributed by atoms with Crippen LogP contribution in [0.5, 0.6) is 0 Å². The van der Waals surface area contributed by atoms with E-state index in [1.807, 2.05) is 36.1 Å². The zero-order valence-corrected chi connectivity index (χ0v) is 14.2. The van der Waals surface area contributed by atoms with E-state index >= 15 is 0 Å². The Balaban J connectivity index is 1.81. The third kappa shape index (κ3) is 3.35. The van der Waals surface area contributed by atoms with Crippen LogP contribution in [0.4, 0.5) is 10.5 Å². The molecule has 120 valence electrons. The molecule has 2 aromatic carbocycles. The van der Waals surface area contributed by atoms with Crippen LogP contribution in [0.3, 0.4) is 0 Å². The van der Waals surface area contributed by atoms with E-state index in [0.717, 1.165) is 30.6 Å². The summed E-state index contributed by atoms with van der Waals surface area (Å²) in [5.41, 5.74) is 4.26. The molecule has 1 aliphatic heterocycles. The van der Waals surface area contributed by atoms with Crippen LogP contribution in [0.15, 0.2) is 42.5 Å². The third-order valence-electron chi connectivity index (χ3n) is 4.50. The number of carbonyl (C=O) groups is 1. The highest BCUT2D eigenvalue weighted by Crippen LogP contribution is 2.34. The van der Waals surface area contributed by atoms with E-state index in [1.54, 1.807) is 6.07 Å². The highest BCUT2D eigenvalue weighted by atomic mass is 35.5. The second-order valence-electron chi connectivity index (χ2n) is 6.10. The van der Waals surface area contributed by atoms with Gasteiger partial charge in [-0.05, 0) is 55.5 Å². The molecule has 1 fully saturated rings. The Labute approximate surface area is 142 Å². The van der Waals surface area contributed by atoms with E-state index in [1.165, 1.54) is 11.1 Å². The van der Waals surface area contributed by atoms with Crippen LogP contribution >= 0.6 is 11.6 Å². The van der Waals surface area contributed by atoms with Gasteiger partial charge in [-0.1, -0.05) is 41.9 Å². The van der Waals surface area contributed by atoms with Gasteiger partial charge in [0.25, 0.3) is 0 Å². The molecule has 0 radical (unpaired) electrons. The van der Waals surface area contributed by atoms with Crippen molar-refractivity contribution in [1.82, 2.24) is 4.90 Å². The van der Waals surface area contributed by atoms with Gasteiger partial charge < -0.3 is 10.2 Å². The maximum atomic E-state index is 12.7. The number of hydrogen-bond donors (Lipinski definition) is 1. The topological polar surface area (TPSA) is 32.3 Å². The van der Waals surface area contributed by atoms with Gasteiger partial charge in [0.15, 0.2) is 0 Å². The van der Waals surface area contributed by atoms with Crippen molar-refractivity contribution in [3.63, 3.8) is 0 Å². The fourth-order valence-electron chi connectivity index (χ4n) is 3.21. The van der Waals surface area contributed by atoms with Crippen molar-refractivity contribution in [2.24, 2.45) is 0 Å². The van der Waals surface area contributed by atoms with Crippen molar-refractivity contribution < 1.29 is 4.79 Å². The number of nitrogens with one attached hydrogen (secondary N) is 1. The number of aryl methyl sites for hydroxylation is 2. The number of hydrogen-bond acceptors (Lipinski definition) is 1. The zero-order chi connectivity index (χ0) is 16.4. The van der Waals surface area contributed by atoms with Crippen LogP contribution in [0.2, 0.25) is 5.02 Å². The molecule has 3 rings (SSSR count). The minimum atomic E-state index is -0.0545. The van der Waals surface area contributed by atoms with Crippen molar-refractivity contribution in [3.8, 4) is 0 Å². The number of carbonyl (C=O) groups excluding carboxylic acids is 1. The quantitative estimate of drug-likeness (QED) is 0.794. The SMILES string of the molecule is Cc1ccc(Cl)cc1NC(=O)N1CCC[C@@H]1c1ccccc1C. The summed E-state index contributed by atoms with van der Waals surface area (Å²) in [5.74, 6) is 0. The molecule has 0 aliphatic carbocycles. The summed E-state index contributed by atoms with van der Waals surface area (Å²) in [4.78, 5) is 14.7. The standard InChI is InChI=1S/C19H21ClN2O/c1-13-6-3-4-7-16(13)18-8-5-11-22(18)19(23)21-17-12-15(20)10-9-14(17)2/h3-4,6-7,9-10,12,18H,5,8,11H2,1-2H3,(H,21,23)/t18-/m1/s1. The predicted molar refractivity (Wildman–Crippen MR) is 95.1 cm³/mol. The molecule has 1 atom stereocenters. The Hall–Kier alpha value is -2.00. The predicted octanol–water partition coefficient (Wildman–Crippen LogP) is 5.33. The smallest absolute Gasteiger partial charge is 0.317 e. The zero-order valence-electron chi connectivity index (χ0n) is 13.5. The van der Waals surface area contributed by atoms with Gasteiger partial charge in [0.1, 0.15) is 0 Å². The minimum absolute atomic E-state index is 0.0545. The van der Waals surface area contributed by atoms with Gasteiger partial charge >= 0.3 is 6.03 Å². The Bertz CT molecular complexity index is 729. The first-order valence-electron chi connectivity index (χ1n) is 7.95. The lowest BCUT2D eigenvalue weighted by molar-refractivity contribution is 0.207. The molecule has 2 amide bonds. The monoisotopic (exact) mass is 328 g/mol. The second kappa shape index (κ2) is 6.63. The van der Waals surface area contributed by atoms with Gasteiger partial charge in [-0.15, -0.1) is 0 Å². The molecule has 1 aliphatic rings. The summed E-state index contributed by atoms with van der Waals surface area (Å²) in [6.45, 7) is 4.85. The third-order valence-corrected chi connectivity index (χ3v) is 4.74. The van der Waals surface area contributed by atoms with Crippen molar-refractivity contribution in [2.75, 3.05) is 11.9 Å². The van der Waals surface area contributed by atoms with E-state index < -0.39 is 0 Å². The Morgan fingerprint density at radius 1 is 1.17 bits per heavy atom. The summed E-state index contributed by atoms with van der Waals surface area (Å²) in [7, 11) is 0. The van der Waals surface area contributed by atoms with Crippen molar-refractivity contribution in [3.05, 3.63) is 64.2 Å². The number of anilines is 1. The molecule has 23 heavy (non-hydrogen) atoms. The van der Waals surface area contributed by atoms with Crippen LogP contribution in [-0.4, -0.2) is 17.5 Å². The van der Waals surface area contributed by atoms with Crippen LogP contribution in [-0.2, 0) is 0 Å². The first kappa shape index (κ1) is 15.9. The van der Waals surface area contributed by atoms with Crippen LogP contribution in [0.25, 0.3) is 0 Å². The average Bonchev–Trinajstić information content (AvgIpc) is 3.01. The summed E-state index contributed by atoms with van der Waals surface area (Å²) in [6.07, 6.45) is 2.04. The van der Waals surface area contributed by atoms with E-state index in [4.69, 9.17) is 11.6 Å². The van der Waals surface area contributed by atoms with Gasteiger partial charge in [-0.2, -0.15) is 0 Å². The van der Waals surface area contributed by atoms with E-state index in [9.17, 15) is 4.79 Å². The number of benzene rings is 2. The molecule has 3 nitrogen and oxygen atoms in total. The number of urea groups is 1. The summed E-state index contributed by atoms with van der Waals surface area (Å²) in [6, 6.07) is 13.9. The van der Waals surface area contributed by atoms with Crippen LogP contribution < -0.4 is 5.32 Å². The van der Waals surface area contributed by atoms with Gasteiger partial charge in [0, 0.05) is 17.3 Å². The fraction of sp³-hybridized carbons (Fsp3) is 0.316. The molecule has 0 spiro atoms. The van der Waals surface area contributed by atoms with E-state index in [-0.39, 0.29) is 12.1 Å². The maximum absolute atomic E-state index is 12.7. The first-order chi connectivity index (χ1) is 11.1. The van der Waals surface area contributed by atoms with Crippen molar-refractivity contribution in [1.29, 1.82) is 0 Å². The molecule has 1 heterocycles. The van der Waals surface area contributed by atoms with Crippen molar-refractivity contribution in [2.45, 2.75) is 32.7 Å². The lowest BCUT2D eigenvalue weighted by Gasteiger charge is -2.27. The molecule has 0 saturated carbocycles. The Morgan fingerprint density at radius 2 is 1.96 bits per heavy atom. The number of nitrogens with zero attached hydrogens (tertiary/aromatic N) is 1. The van der Waals surface area contributed by atoms with Crippen LogP contribution in [0, 0.1) is 13.8 Å². The number of likely N-dealkylation sites (tertiary alicyclic amines) is 1. The highest BCUT2D eigenvalue weighted by Gasteiger charge is 2.30. The van der Waals surface area contributed by atoms with Gasteiger partial charge in [-0.25, -0.2) is 4.79 Å². The van der Waals surface area contributed by atoms with Crippen molar-refractivity contribution >= 4 is 23.3 Å². The second-order valence-corrected chi connectivity index (χ2v) is 6.53. The summed E-state index contributed by atoms with van der Waals surface area (Å²) >= 11 is 6.04. The molecule has 2 aromatic rings. The molecule has 0 unspecified atom stereocenters. The highest BCUT2D eigenvalue weighted by molar-refractivity contribution is 6.31. The summed E-state index contributed by atoms with van der Waals surface area (Å²) < 4.78 is 0. The van der Waals surface area contributed by atoms with Gasteiger partial charge in [-0.3, -0.25) is 0 Å². The molecular weight excluding hydrogens is 308 g/mol. The number of rotatable bonds is 2. The number of halogens is 1. The molecule has 1 saturated heterocycles. The molecular formula is C19H21ClN2O. The number of amides is 2. The lowest BCUT2D eigenvalue weighted by Crippen LogP contribution is -2.34. The first-order valence-corrected chi connectivity index (χ1v) is 8.33.